The van der Waals surface area contributed by atoms with Crippen molar-refractivity contribution >= 4 is 0 Å². The predicted molar refractivity (Wildman–Crippen MR) is 55.5 cm³/mol. The third-order valence-electron chi connectivity index (χ3n) is 3.45. The number of nitrogens with zero attached hydrogens (tertiary/aromatic N) is 2. The van der Waals surface area contributed by atoms with Gasteiger partial charge in [-0.15, -0.1) is 0 Å². The molecule has 1 aromatic heterocycles. The molecule has 3 atom stereocenters. The van der Waals surface area contributed by atoms with Gasteiger partial charge in [0.05, 0.1) is 6.20 Å². The lowest BCUT2D eigenvalue weighted by Crippen LogP contribution is -2.44. The van der Waals surface area contributed by atoms with E-state index in [0.29, 0.717) is 23.8 Å². The van der Waals surface area contributed by atoms with Crippen molar-refractivity contribution in [3.05, 3.63) is 18.6 Å². The van der Waals surface area contributed by atoms with E-state index in [1.807, 2.05) is 0 Å². The Balaban J connectivity index is 1.73. The summed E-state index contributed by atoms with van der Waals surface area (Å²) in [6, 6.07) is 0. The fourth-order valence-corrected chi connectivity index (χ4v) is 2.71. The highest BCUT2D eigenvalue weighted by atomic mass is 16.5. The van der Waals surface area contributed by atoms with Crippen molar-refractivity contribution in [3.63, 3.8) is 0 Å². The van der Waals surface area contributed by atoms with Gasteiger partial charge in [0.15, 0.2) is 0 Å². The van der Waals surface area contributed by atoms with Crippen molar-refractivity contribution in [1.29, 1.82) is 0 Å². The summed E-state index contributed by atoms with van der Waals surface area (Å²) in [5.41, 5.74) is 0. The van der Waals surface area contributed by atoms with Crippen LogP contribution in [-0.4, -0.2) is 29.2 Å². The number of nitrogens with one attached hydrogen (secondary N) is 1. The molecule has 1 saturated carbocycles. The average molecular weight is 205 g/mol. The molecule has 15 heavy (non-hydrogen) atoms. The Morgan fingerprint density at radius 2 is 2.00 bits per heavy atom. The first-order valence-electron chi connectivity index (χ1n) is 5.57. The third kappa shape index (κ3) is 1.69. The number of hydrogen-bond acceptors (Lipinski definition) is 4. The molecule has 1 unspecified atom stereocenters. The SMILES string of the molecule is c1cnc(OC2[C@@H]3CC[C@H]2CNC3)cn1. The van der Waals surface area contributed by atoms with Crippen LogP contribution >= 0.6 is 0 Å². The molecule has 2 bridgehead atoms. The van der Waals surface area contributed by atoms with E-state index in [2.05, 4.69) is 15.3 Å². The Morgan fingerprint density at radius 3 is 2.67 bits per heavy atom. The number of piperidine rings is 1. The van der Waals surface area contributed by atoms with Crippen LogP contribution < -0.4 is 10.1 Å². The molecule has 0 aromatic carbocycles. The lowest BCUT2D eigenvalue weighted by Gasteiger charge is -2.30. The van der Waals surface area contributed by atoms with Crippen LogP contribution in [0, 0.1) is 11.8 Å². The summed E-state index contributed by atoms with van der Waals surface area (Å²) in [4.78, 5) is 8.18. The monoisotopic (exact) mass is 205 g/mol. The normalized spacial score (nSPS) is 34.0. The summed E-state index contributed by atoms with van der Waals surface area (Å²) >= 11 is 0. The molecule has 2 heterocycles. The minimum absolute atomic E-state index is 0.350. The number of aromatic nitrogens is 2. The summed E-state index contributed by atoms with van der Waals surface area (Å²) in [5.74, 6) is 1.98. The van der Waals surface area contributed by atoms with Crippen LogP contribution in [0.2, 0.25) is 0 Å². The van der Waals surface area contributed by atoms with E-state index in [1.165, 1.54) is 12.8 Å². The van der Waals surface area contributed by atoms with E-state index in [-0.39, 0.29) is 0 Å². The van der Waals surface area contributed by atoms with E-state index < -0.39 is 0 Å². The summed E-state index contributed by atoms with van der Waals surface area (Å²) in [6.07, 6.45) is 7.96. The largest absolute Gasteiger partial charge is 0.473 e. The van der Waals surface area contributed by atoms with Crippen LogP contribution in [0.1, 0.15) is 12.8 Å². The van der Waals surface area contributed by atoms with E-state index >= 15 is 0 Å². The molecule has 1 aliphatic heterocycles. The summed E-state index contributed by atoms with van der Waals surface area (Å²) in [5, 5.41) is 3.45. The van der Waals surface area contributed by atoms with Gasteiger partial charge in [0, 0.05) is 37.3 Å². The molecular formula is C11H15N3O. The quantitative estimate of drug-likeness (QED) is 0.777. The van der Waals surface area contributed by atoms with Crippen LogP contribution in [0.4, 0.5) is 0 Å². The summed E-state index contributed by atoms with van der Waals surface area (Å²) in [7, 11) is 0. The molecule has 0 amide bonds. The Morgan fingerprint density at radius 1 is 1.20 bits per heavy atom. The highest BCUT2D eigenvalue weighted by Crippen LogP contribution is 2.35. The minimum Gasteiger partial charge on any atom is -0.473 e. The Bertz CT molecular complexity index is 314. The molecule has 0 spiro atoms. The zero-order valence-corrected chi connectivity index (χ0v) is 8.60. The number of hydrogen-bond donors (Lipinski definition) is 1. The number of fused-ring (bicyclic) bond motifs is 2. The van der Waals surface area contributed by atoms with Gasteiger partial charge in [0.1, 0.15) is 6.10 Å². The molecule has 1 aromatic rings. The van der Waals surface area contributed by atoms with Gasteiger partial charge < -0.3 is 10.1 Å². The van der Waals surface area contributed by atoms with Crippen LogP contribution in [0.25, 0.3) is 0 Å². The second-order valence-corrected chi connectivity index (χ2v) is 4.38. The highest BCUT2D eigenvalue weighted by Gasteiger charge is 2.40. The lowest BCUT2D eigenvalue weighted by molar-refractivity contribution is 0.0881. The average Bonchev–Trinajstić information content (AvgIpc) is 2.53. The first-order valence-corrected chi connectivity index (χ1v) is 5.57. The maximum absolute atomic E-state index is 5.93. The first-order chi connectivity index (χ1) is 7.43. The summed E-state index contributed by atoms with van der Waals surface area (Å²) < 4.78 is 5.93. The van der Waals surface area contributed by atoms with E-state index in [1.54, 1.807) is 18.6 Å². The van der Waals surface area contributed by atoms with Gasteiger partial charge in [-0.2, -0.15) is 0 Å². The highest BCUT2D eigenvalue weighted by molar-refractivity contribution is 5.05. The fraction of sp³-hybridized carbons (Fsp3) is 0.636. The standard InChI is InChI=1S/C11H15N3O/c1-2-9-6-13-5-8(1)11(9)15-10-7-12-3-4-14-10/h3-4,7-9,11,13H,1-2,5-6H2/t8-,9+,11?. The second-order valence-electron chi connectivity index (χ2n) is 4.38. The van der Waals surface area contributed by atoms with E-state index in [9.17, 15) is 0 Å². The van der Waals surface area contributed by atoms with Crippen molar-refractivity contribution < 1.29 is 4.74 Å². The Labute approximate surface area is 89.1 Å². The van der Waals surface area contributed by atoms with Crippen molar-refractivity contribution in [2.75, 3.05) is 13.1 Å². The zero-order valence-electron chi connectivity index (χ0n) is 8.60. The van der Waals surface area contributed by atoms with E-state index in [4.69, 9.17) is 4.74 Å². The third-order valence-corrected chi connectivity index (χ3v) is 3.45. The molecule has 80 valence electrons. The molecule has 3 rings (SSSR count). The molecule has 4 nitrogen and oxygen atoms in total. The van der Waals surface area contributed by atoms with Crippen LogP contribution in [-0.2, 0) is 0 Å². The van der Waals surface area contributed by atoms with Gasteiger partial charge >= 0.3 is 0 Å². The number of ether oxygens (including phenoxy) is 1. The maximum Gasteiger partial charge on any atom is 0.232 e. The van der Waals surface area contributed by atoms with Gasteiger partial charge in [-0.05, 0) is 12.8 Å². The number of rotatable bonds is 2. The van der Waals surface area contributed by atoms with Crippen molar-refractivity contribution in [1.82, 2.24) is 15.3 Å². The van der Waals surface area contributed by atoms with Crippen LogP contribution in [0.15, 0.2) is 18.6 Å². The lowest BCUT2D eigenvalue weighted by atomic mass is 9.97. The molecular weight excluding hydrogens is 190 g/mol. The van der Waals surface area contributed by atoms with Gasteiger partial charge in [0.2, 0.25) is 5.88 Å². The van der Waals surface area contributed by atoms with Gasteiger partial charge in [-0.25, -0.2) is 4.98 Å². The zero-order chi connectivity index (χ0) is 10.1. The molecule has 2 fully saturated rings. The molecule has 0 radical (unpaired) electrons. The minimum atomic E-state index is 0.350. The molecule has 2 aliphatic rings. The van der Waals surface area contributed by atoms with Crippen molar-refractivity contribution in [2.24, 2.45) is 11.8 Å². The predicted octanol–water partition coefficient (Wildman–Crippen LogP) is 0.853. The molecule has 4 heteroatoms. The Kier molecular flexibility index (Phi) is 2.29. The molecule has 1 saturated heterocycles. The molecule has 1 aliphatic carbocycles. The molecule has 1 N–H and O–H groups in total. The smallest absolute Gasteiger partial charge is 0.232 e. The van der Waals surface area contributed by atoms with Gasteiger partial charge in [-0.3, -0.25) is 4.98 Å². The topological polar surface area (TPSA) is 47.0 Å². The van der Waals surface area contributed by atoms with E-state index in [0.717, 1.165) is 13.1 Å². The van der Waals surface area contributed by atoms with Crippen molar-refractivity contribution in [2.45, 2.75) is 18.9 Å². The van der Waals surface area contributed by atoms with Crippen molar-refractivity contribution in [3.8, 4) is 5.88 Å². The van der Waals surface area contributed by atoms with Crippen LogP contribution in [0.5, 0.6) is 5.88 Å². The van der Waals surface area contributed by atoms with Gasteiger partial charge in [-0.1, -0.05) is 0 Å². The van der Waals surface area contributed by atoms with Gasteiger partial charge in [0.25, 0.3) is 0 Å². The second kappa shape index (κ2) is 3.77. The Hall–Kier alpha value is -1.16. The fourth-order valence-electron chi connectivity index (χ4n) is 2.71. The van der Waals surface area contributed by atoms with Crippen LogP contribution in [0.3, 0.4) is 0 Å². The maximum atomic E-state index is 5.93. The first kappa shape index (κ1) is 9.09. The summed E-state index contributed by atoms with van der Waals surface area (Å²) in [6.45, 7) is 2.17.